The van der Waals surface area contributed by atoms with Crippen LogP contribution in [0.5, 0.6) is 17.2 Å². The van der Waals surface area contributed by atoms with Gasteiger partial charge < -0.3 is 24.5 Å². The molecule has 0 bridgehead atoms. The van der Waals surface area contributed by atoms with Crippen LogP contribution in [0.15, 0.2) is 54.9 Å². The van der Waals surface area contributed by atoms with E-state index in [1.165, 1.54) is 6.20 Å². The fraction of sp³-hybridized carbons (Fsp3) is 0.259. The number of rotatable bonds is 10. The molecule has 0 spiro atoms. The topological polar surface area (TPSA) is 95.3 Å². The van der Waals surface area contributed by atoms with E-state index in [0.717, 1.165) is 29.3 Å². The minimum absolute atomic E-state index is 0.0387. The van der Waals surface area contributed by atoms with Crippen molar-refractivity contribution in [3.05, 3.63) is 66.5 Å². The third-order valence-electron chi connectivity index (χ3n) is 5.65. The van der Waals surface area contributed by atoms with E-state index in [4.69, 9.17) is 25.2 Å². The molecule has 0 atom stereocenters. The number of pyridine rings is 1. The van der Waals surface area contributed by atoms with Crippen molar-refractivity contribution in [1.82, 2.24) is 9.55 Å². The second kappa shape index (κ2) is 11.0. The highest BCUT2D eigenvalue weighted by atomic mass is 28.3. The van der Waals surface area contributed by atoms with E-state index in [0.29, 0.717) is 23.4 Å². The van der Waals surface area contributed by atoms with Gasteiger partial charge in [-0.2, -0.15) is 5.26 Å². The Labute approximate surface area is 215 Å². The van der Waals surface area contributed by atoms with Crippen LogP contribution < -0.4 is 15.2 Å². The molecule has 2 aromatic carbocycles. The van der Waals surface area contributed by atoms with Gasteiger partial charge in [0.15, 0.2) is 24.0 Å². The second-order valence-electron chi connectivity index (χ2n) is 9.76. The molecule has 0 fully saturated rings. The summed E-state index contributed by atoms with van der Waals surface area (Å²) in [5.41, 5.74) is 7.59. The van der Waals surface area contributed by atoms with Gasteiger partial charge in [-0.05, 0) is 29.8 Å². The molecule has 2 N–H and O–H groups in total. The quantitative estimate of drug-likeness (QED) is 0.144. The van der Waals surface area contributed by atoms with Gasteiger partial charge in [0, 0.05) is 50.5 Å². The standard InChI is InChI=1S/C27H28F2N4O3Si/c1-37(2,3)13-12-34-17-33-16-21(18-4-6-20(7-5-18)35-11-9-30)25-24(8-10-32-27(25)33)36-26-22(28)14-19(31)15-23(26)29/h4-8,10,14-16H,11-13,17,31H2,1-3H3. The van der Waals surface area contributed by atoms with Gasteiger partial charge in [0.1, 0.15) is 29.9 Å². The fourth-order valence-corrected chi connectivity index (χ4v) is 4.52. The molecule has 0 saturated carbocycles. The number of hydrogen-bond donors (Lipinski definition) is 1. The summed E-state index contributed by atoms with van der Waals surface area (Å²) in [4.78, 5) is 4.52. The molecule has 0 aliphatic carbocycles. The zero-order chi connectivity index (χ0) is 26.6. The SMILES string of the molecule is C[Si](C)(C)CCOCn1cc(-c2ccc(OCC#N)cc2)c2c(Oc3c(F)cc(N)cc3F)ccnc21. The van der Waals surface area contributed by atoms with Crippen molar-refractivity contribution >= 4 is 24.8 Å². The number of nitrogens with zero attached hydrogens (tertiary/aromatic N) is 3. The average molecular weight is 523 g/mol. The lowest BCUT2D eigenvalue weighted by molar-refractivity contribution is 0.0899. The minimum Gasteiger partial charge on any atom is -0.479 e. The average Bonchev–Trinajstić information content (AvgIpc) is 3.22. The highest BCUT2D eigenvalue weighted by Crippen LogP contribution is 2.40. The Hall–Kier alpha value is -3.94. The molecule has 0 unspecified atom stereocenters. The number of hydrogen-bond acceptors (Lipinski definition) is 6. The first-order valence-corrected chi connectivity index (χ1v) is 15.4. The van der Waals surface area contributed by atoms with E-state index in [1.807, 2.05) is 29.0 Å². The van der Waals surface area contributed by atoms with E-state index >= 15 is 0 Å². The van der Waals surface area contributed by atoms with Crippen LogP contribution in [-0.4, -0.2) is 30.8 Å². The molecule has 10 heteroatoms. The second-order valence-corrected chi connectivity index (χ2v) is 15.4. The molecule has 2 heterocycles. The van der Waals surface area contributed by atoms with Crippen LogP contribution in [0.4, 0.5) is 14.5 Å². The highest BCUT2D eigenvalue weighted by molar-refractivity contribution is 6.76. The number of benzene rings is 2. The summed E-state index contributed by atoms with van der Waals surface area (Å²) < 4.78 is 48.0. The highest BCUT2D eigenvalue weighted by Gasteiger charge is 2.20. The van der Waals surface area contributed by atoms with Crippen LogP contribution in [0.3, 0.4) is 0 Å². The van der Waals surface area contributed by atoms with Gasteiger partial charge in [-0.1, -0.05) is 31.8 Å². The van der Waals surface area contributed by atoms with Crippen LogP contribution in [0.2, 0.25) is 25.7 Å². The van der Waals surface area contributed by atoms with Gasteiger partial charge in [0.2, 0.25) is 0 Å². The van der Waals surface area contributed by atoms with Crippen molar-refractivity contribution in [3.63, 3.8) is 0 Å². The van der Waals surface area contributed by atoms with Crippen LogP contribution in [-0.2, 0) is 11.5 Å². The van der Waals surface area contributed by atoms with Crippen LogP contribution in [0.25, 0.3) is 22.2 Å². The number of nitriles is 1. The number of nitrogens with two attached hydrogens (primary N) is 1. The summed E-state index contributed by atoms with van der Waals surface area (Å²) in [5.74, 6) is -1.58. The van der Waals surface area contributed by atoms with Gasteiger partial charge >= 0.3 is 0 Å². The van der Waals surface area contributed by atoms with Crippen LogP contribution >= 0.6 is 0 Å². The normalized spacial score (nSPS) is 11.5. The third-order valence-corrected chi connectivity index (χ3v) is 7.35. The van der Waals surface area contributed by atoms with Crippen LogP contribution in [0, 0.1) is 23.0 Å². The smallest absolute Gasteiger partial charge is 0.198 e. The molecule has 0 radical (unpaired) electrons. The van der Waals surface area contributed by atoms with Crippen molar-refractivity contribution in [2.24, 2.45) is 0 Å². The zero-order valence-electron chi connectivity index (χ0n) is 20.9. The fourth-order valence-electron chi connectivity index (χ4n) is 3.76. The van der Waals surface area contributed by atoms with E-state index in [9.17, 15) is 8.78 Å². The molecule has 4 aromatic rings. The monoisotopic (exact) mass is 522 g/mol. The van der Waals surface area contributed by atoms with E-state index < -0.39 is 25.5 Å². The van der Waals surface area contributed by atoms with Crippen LogP contribution in [0.1, 0.15) is 0 Å². The molecule has 192 valence electrons. The molecule has 0 aliphatic rings. The van der Waals surface area contributed by atoms with Gasteiger partial charge in [-0.3, -0.25) is 0 Å². The molecule has 4 rings (SSSR count). The Kier molecular flexibility index (Phi) is 7.76. The summed E-state index contributed by atoms with van der Waals surface area (Å²) in [6.45, 7) is 7.66. The van der Waals surface area contributed by atoms with E-state index in [-0.39, 0.29) is 24.8 Å². The van der Waals surface area contributed by atoms with Crippen molar-refractivity contribution in [2.75, 3.05) is 18.9 Å². The summed E-state index contributed by atoms with van der Waals surface area (Å²) in [6.07, 6.45) is 3.39. The predicted molar refractivity (Wildman–Crippen MR) is 141 cm³/mol. The summed E-state index contributed by atoms with van der Waals surface area (Å²) in [6, 6.07) is 13.7. The molecule has 0 amide bonds. The maximum absolute atomic E-state index is 14.6. The lowest BCUT2D eigenvalue weighted by Crippen LogP contribution is -2.22. The third kappa shape index (κ3) is 6.25. The van der Waals surface area contributed by atoms with E-state index in [2.05, 4.69) is 24.6 Å². The van der Waals surface area contributed by atoms with Crippen molar-refractivity contribution in [3.8, 4) is 34.4 Å². The zero-order valence-corrected chi connectivity index (χ0v) is 21.9. The summed E-state index contributed by atoms with van der Waals surface area (Å²) >= 11 is 0. The first-order chi connectivity index (χ1) is 17.7. The molecular formula is C27H28F2N4O3Si. The number of fused-ring (bicyclic) bond motifs is 1. The number of halogens is 2. The maximum atomic E-state index is 14.6. The van der Waals surface area contributed by atoms with Gasteiger partial charge in [-0.15, -0.1) is 0 Å². The van der Waals surface area contributed by atoms with Crippen molar-refractivity contribution in [2.45, 2.75) is 32.4 Å². The summed E-state index contributed by atoms with van der Waals surface area (Å²) in [5, 5.41) is 9.32. The Bertz CT molecular complexity index is 1420. The molecule has 0 aliphatic heterocycles. The molecule has 7 nitrogen and oxygen atoms in total. The first-order valence-electron chi connectivity index (χ1n) is 11.7. The number of ether oxygens (including phenoxy) is 3. The number of anilines is 1. The summed E-state index contributed by atoms with van der Waals surface area (Å²) in [7, 11) is -1.26. The Morgan fingerprint density at radius 2 is 1.78 bits per heavy atom. The van der Waals surface area contributed by atoms with E-state index in [1.54, 1.807) is 18.2 Å². The first kappa shape index (κ1) is 26.1. The van der Waals surface area contributed by atoms with Gasteiger partial charge in [-0.25, -0.2) is 13.8 Å². The molecular weight excluding hydrogens is 494 g/mol. The molecule has 0 saturated heterocycles. The Morgan fingerprint density at radius 3 is 2.43 bits per heavy atom. The minimum atomic E-state index is -1.26. The molecule has 37 heavy (non-hydrogen) atoms. The lowest BCUT2D eigenvalue weighted by Gasteiger charge is -2.15. The Morgan fingerprint density at radius 1 is 1.08 bits per heavy atom. The van der Waals surface area contributed by atoms with Crippen molar-refractivity contribution in [1.29, 1.82) is 5.26 Å². The maximum Gasteiger partial charge on any atom is 0.198 e. The van der Waals surface area contributed by atoms with Gasteiger partial charge in [0.05, 0.1) is 5.39 Å². The largest absolute Gasteiger partial charge is 0.479 e. The number of aromatic nitrogens is 2. The Balaban J connectivity index is 1.76. The van der Waals surface area contributed by atoms with Gasteiger partial charge in [0.25, 0.3) is 0 Å². The lowest BCUT2D eigenvalue weighted by atomic mass is 10.1. The predicted octanol–water partition coefficient (Wildman–Crippen LogP) is 6.57. The molecule has 2 aromatic heterocycles. The number of nitrogen functional groups attached to an aromatic ring is 1. The van der Waals surface area contributed by atoms with Crippen molar-refractivity contribution < 1.29 is 23.0 Å².